The highest BCUT2D eigenvalue weighted by atomic mass is 16.4. The van der Waals surface area contributed by atoms with Gasteiger partial charge < -0.3 is 10.0 Å². The Balaban J connectivity index is 1.71. The highest BCUT2D eigenvalue weighted by Crippen LogP contribution is 2.65. The summed E-state index contributed by atoms with van der Waals surface area (Å²) in [5.74, 6) is 0.214. The summed E-state index contributed by atoms with van der Waals surface area (Å²) in [5.41, 5.74) is 0.0912. The number of amides is 1. The van der Waals surface area contributed by atoms with Crippen LogP contribution < -0.4 is 0 Å². The number of carbonyl (C=O) groups is 2. The number of carboxylic acid groups (broad SMARTS) is 1. The second-order valence-electron chi connectivity index (χ2n) is 7.91. The maximum Gasteiger partial charge on any atom is 0.326 e. The summed E-state index contributed by atoms with van der Waals surface area (Å²) in [5, 5.41) is 9.56. The van der Waals surface area contributed by atoms with E-state index in [9.17, 15) is 14.7 Å². The van der Waals surface area contributed by atoms with Crippen LogP contribution >= 0.6 is 0 Å². The summed E-state index contributed by atoms with van der Waals surface area (Å²) in [6, 6.07) is -0.594. The molecule has 1 heterocycles. The number of hydrogen-bond donors (Lipinski definition) is 1. The van der Waals surface area contributed by atoms with Gasteiger partial charge in [-0.05, 0) is 30.1 Å². The van der Waals surface area contributed by atoms with Crippen LogP contribution in [0.15, 0.2) is 0 Å². The smallest absolute Gasteiger partial charge is 0.326 e. The Hall–Kier alpha value is -1.06. The molecule has 4 atom stereocenters. The van der Waals surface area contributed by atoms with Gasteiger partial charge in [0.2, 0.25) is 5.91 Å². The zero-order valence-electron chi connectivity index (χ0n) is 13.3. The van der Waals surface area contributed by atoms with E-state index in [0.29, 0.717) is 18.4 Å². The number of fused-ring (bicyclic) bond motifs is 1. The molecule has 0 bridgehead atoms. The maximum absolute atomic E-state index is 12.8. The molecule has 1 unspecified atom stereocenters. The van der Waals surface area contributed by atoms with Crippen molar-refractivity contribution in [2.45, 2.75) is 58.9 Å². The molecule has 0 aromatic rings. The summed E-state index contributed by atoms with van der Waals surface area (Å²) in [7, 11) is 0. The molecular formula is C17H27NO3. The molecule has 21 heavy (non-hydrogen) atoms. The molecule has 3 fully saturated rings. The predicted molar refractivity (Wildman–Crippen MR) is 79.6 cm³/mol. The summed E-state index contributed by atoms with van der Waals surface area (Å²) in [6.07, 6.45) is 5.94. The van der Waals surface area contributed by atoms with Gasteiger partial charge in [0.15, 0.2) is 0 Å². The fourth-order valence-electron chi connectivity index (χ4n) is 4.89. The fraction of sp³-hybridized carbons (Fsp3) is 0.882. The number of aliphatic carboxylic acids is 1. The van der Waals surface area contributed by atoms with Crippen molar-refractivity contribution in [2.75, 3.05) is 6.54 Å². The molecule has 0 aromatic heterocycles. The molecule has 0 aromatic carbocycles. The highest BCUT2D eigenvalue weighted by Gasteiger charge is 2.69. The predicted octanol–water partition coefficient (Wildman–Crippen LogP) is 2.77. The first kappa shape index (κ1) is 14.9. The van der Waals surface area contributed by atoms with Gasteiger partial charge in [-0.2, -0.15) is 0 Å². The average molecular weight is 293 g/mol. The minimum atomic E-state index is -0.822. The fourth-order valence-corrected chi connectivity index (χ4v) is 4.89. The van der Waals surface area contributed by atoms with Crippen LogP contribution in [0.2, 0.25) is 0 Å². The molecule has 2 aliphatic carbocycles. The molecular weight excluding hydrogens is 266 g/mol. The lowest BCUT2D eigenvalue weighted by Gasteiger charge is -2.34. The molecule has 0 radical (unpaired) electrons. The van der Waals surface area contributed by atoms with Crippen LogP contribution in [0, 0.1) is 29.1 Å². The topological polar surface area (TPSA) is 57.6 Å². The van der Waals surface area contributed by atoms with Crippen molar-refractivity contribution in [3.8, 4) is 0 Å². The van der Waals surface area contributed by atoms with Gasteiger partial charge in [-0.15, -0.1) is 0 Å². The highest BCUT2D eigenvalue weighted by molar-refractivity contribution is 5.87. The van der Waals surface area contributed by atoms with E-state index in [2.05, 4.69) is 13.8 Å². The lowest BCUT2D eigenvalue weighted by molar-refractivity contribution is -0.152. The Morgan fingerprint density at radius 1 is 1.19 bits per heavy atom. The van der Waals surface area contributed by atoms with Gasteiger partial charge in [-0.3, -0.25) is 4.79 Å². The number of rotatable bonds is 3. The number of piperidine rings is 1. The molecule has 4 nitrogen and oxygen atoms in total. The van der Waals surface area contributed by atoms with E-state index >= 15 is 0 Å². The number of nitrogens with zero attached hydrogens (tertiary/aromatic N) is 1. The van der Waals surface area contributed by atoms with Crippen LogP contribution in [0.25, 0.3) is 0 Å². The summed E-state index contributed by atoms with van der Waals surface area (Å²) in [6.45, 7) is 6.91. The van der Waals surface area contributed by atoms with Gasteiger partial charge in [0, 0.05) is 18.4 Å². The van der Waals surface area contributed by atoms with Crippen molar-refractivity contribution >= 4 is 11.9 Å². The minimum Gasteiger partial charge on any atom is -0.480 e. The molecule has 1 N–H and O–H groups in total. The molecule has 1 amide bonds. The van der Waals surface area contributed by atoms with Gasteiger partial charge in [-0.25, -0.2) is 4.79 Å². The Morgan fingerprint density at radius 2 is 1.81 bits per heavy atom. The molecule has 118 valence electrons. The third-order valence-corrected chi connectivity index (χ3v) is 6.49. The van der Waals surface area contributed by atoms with Crippen LogP contribution in [0.1, 0.15) is 52.9 Å². The Labute approximate surface area is 126 Å². The van der Waals surface area contributed by atoms with Crippen LogP contribution in [0.3, 0.4) is 0 Å². The average Bonchev–Trinajstić information content (AvgIpc) is 2.85. The van der Waals surface area contributed by atoms with Gasteiger partial charge in [0.1, 0.15) is 6.04 Å². The van der Waals surface area contributed by atoms with Crippen LogP contribution in [0.5, 0.6) is 0 Å². The molecule has 0 spiro atoms. The lowest BCUT2D eigenvalue weighted by atomic mass is 9.80. The Kier molecular flexibility index (Phi) is 3.53. The van der Waals surface area contributed by atoms with E-state index in [1.807, 2.05) is 6.92 Å². The van der Waals surface area contributed by atoms with Crippen molar-refractivity contribution in [1.82, 2.24) is 4.90 Å². The largest absolute Gasteiger partial charge is 0.480 e. The summed E-state index contributed by atoms with van der Waals surface area (Å²) < 4.78 is 0. The van der Waals surface area contributed by atoms with E-state index in [4.69, 9.17) is 0 Å². The first-order chi connectivity index (χ1) is 9.85. The van der Waals surface area contributed by atoms with Crippen molar-refractivity contribution in [2.24, 2.45) is 29.1 Å². The van der Waals surface area contributed by atoms with Gasteiger partial charge in [0.25, 0.3) is 0 Å². The van der Waals surface area contributed by atoms with Crippen LogP contribution in [-0.4, -0.2) is 34.5 Å². The standard InChI is InChI=1S/C17H27NO3/c1-10(11-7-5-4-6-8-11)15(19)18-9-12-13(17(12,2)3)14(18)16(20)21/h10-14H,4-9H2,1-3H3,(H,20,21)/t10-,12?,13-,14-/m0/s1. The Morgan fingerprint density at radius 3 is 2.38 bits per heavy atom. The van der Waals surface area contributed by atoms with Crippen molar-refractivity contribution < 1.29 is 14.7 Å². The second kappa shape index (κ2) is 4.99. The quantitative estimate of drug-likeness (QED) is 0.870. The van der Waals surface area contributed by atoms with E-state index in [-0.39, 0.29) is 23.2 Å². The van der Waals surface area contributed by atoms with Crippen molar-refractivity contribution in [3.05, 3.63) is 0 Å². The first-order valence-electron chi connectivity index (χ1n) is 8.39. The number of carboxylic acids is 1. The molecule has 2 saturated carbocycles. The van der Waals surface area contributed by atoms with E-state index in [1.165, 1.54) is 19.3 Å². The lowest BCUT2D eigenvalue weighted by Crippen LogP contribution is -2.48. The van der Waals surface area contributed by atoms with E-state index in [0.717, 1.165) is 12.8 Å². The number of carbonyl (C=O) groups excluding carboxylic acids is 1. The number of hydrogen-bond acceptors (Lipinski definition) is 2. The zero-order chi connectivity index (χ0) is 15.4. The monoisotopic (exact) mass is 293 g/mol. The summed E-state index contributed by atoms with van der Waals surface area (Å²) in [4.78, 5) is 26.1. The molecule has 1 aliphatic heterocycles. The maximum atomic E-state index is 12.8. The van der Waals surface area contributed by atoms with Crippen molar-refractivity contribution in [1.29, 1.82) is 0 Å². The Bertz CT molecular complexity index is 453. The third-order valence-electron chi connectivity index (χ3n) is 6.49. The normalized spacial score (nSPS) is 36.1. The summed E-state index contributed by atoms with van der Waals surface area (Å²) >= 11 is 0. The van der Waals surface area contributed by atoms with E-state index in [1.54, 1.807) is 4.90 Å². The minimum absolute atomic E-state index is 0.0206. The second-order valence-corrected chi connectivity index (χ2v) is 7.91. The zero-order valence-corrected chi connectivity index (χ0v) is 13.3. The van der Waals surface area contributed by atoms with Gasteiger partial charge in [-0.1, -0.05) is 40.0 Å². The van der Waals surface area contributed by atoms with Crippen molar-refractivity contribution in [3.63, 3.8) is 0 Å². The molecule has 3 aliphatic rings. The van der Waals surface area contributed by atoms with Crippen LogP contribution in [0.4, 0.5) is 0 Å². The number of likely N-dealkylation sites (tertiary alicyclic amines) is 1. The van der Waals surface area contributed by atoms with Crippen LogP contribution in [-0.2, 0) is 9.59 Å². The SMILES string of the molecule is C[C@H](C(=O)N1CC2[C@@H]([C@H]1C(=O)O)C2(C)C)C1CCCCC1. The molecule has 3 rings (SSSR count). The first-order valence-corrected chi connectivity index (χ1v) is 8.39. The molecule has 1 saturated heterocycles. The van der Waals surface area contributed by atoms with Gasteiger partial charge in [0.05, 0.1) is 0 Å². The van der Waals surface area contributed by atoms with E-state index < -0.39 is 12.0 Å². The molecule has 4 heteroatoms. The third kappa shape index (κ3) is 2.27. The van der Waals surface area contributed by atoms with Gasteiger partial charge >= 0.3 is 5.97 Å².